The van der Waals surface area contributed by atoms with Crippen molar-refractivity contribution in [3.63, 3.8) is 0 Å². The Morgan fingerprint density at radius 2 is 2.27 bits per heavy atom. The predicted octanol–water partition coefficient (Wildman–Crippen LogP) is 3.16. The highest BCUT2D eigenvalue weighted by Gasteiger charge is 2.11. The molecule has 0 aliphatic rings. The molecular weight excluding hydrogens is 280 g/mol. The van der Waals surface area contributed by atoms with Gasteiger partial charge in [-0.2, -0.15) is 5.26 Å². The van der Waals surface area contributed by atoms with Crippen LogP contribution in [0.15, 0.2) is 59.5 Å². The summed E-state index contributed by atoms with van der Waals surface area (Å²) in [5.74, 6) is 0.0832. The second-order valence-corrected chi connectivity index (χ2v) is 4.59. The Morgan fingerprint density at radius 1 is 1.36 bits per heavy atom. The third-order valence-corrected chi connectivity index (χ3v) is 3.17. The third kappa shape index (κ3) is 2.76. The van der Waals surface area contributed by atoms with Gasteiger partial charge in [0.15, 0.2) is 0 Å². The zero-order chi connectivity index (χ0) is 15.4. The summed E-state index contributed by atoms with van der Waals surface area (Å²) in [4.78, 5) is 11.7. The molecule has 0 radical (unpaired) electrons. The smallest absolute Gasteiger partial charge is 0.331 e. The fraction of sp³-hybridized carbons (Fsp3) is 0.0588. The molecule has 0 saturated carbocycles. The van der Waals surface area contributed by atoms with Crippen molar-refractivity contribution in [3.8, 4) is 6.07 Å². The van der Waals surface area contributed by atoms with E-state index >= 15 is 0 Å². The molecule has 0 atom stereocenters. The van der Waals surface area contributed by atoms with Crippen LogP contribution in [0.3, 0.4) is 0 Å². The van der Waals surface area contributed by atoms with E-state index in [2.05, 4.69) is 6.07 Å². The van der Waals surface area contributed by atoms with Gasteiger partial charge in [0.05, 0.1) is 17.3 Å². The van der Waals surface area contributed by atoms with Crippen LogP contribution in [0, 0.1) is 11.3 Å². The molecule has 0 saturated heterocycles. The molecule has 0 N–H and O–H groups in total. The summed E-state index contributed by atoms with van der Waals surface area (Å²) in [6.07, 6.45) is 7.98. The van der Waals surface area contributed by atoms with Gasteiger partial charge in [0.25, 0.3) is 0 Å². The minimum atomic E-state index is -0.490. The van der Waals surface area contributed by atoms with Gasteiger partial charge >= 0.3 is 5.97 Å². The molecule has 5 heteroatoms. The highest BCUT2D eigenvalue weighted by molar-refractivity contribution is 5.86. The number of hydrogen-bond donors (Lipinski definition) is 0. The Bertz CT molecular complexity index is 867. The summed E-state index contributed by atoms with van der Waals surface area (Å²) in [6, 6.07) is 11.2. The van der Waals surface area contributed by atoms with Crippen molar-refractivity contribution < 1.29 is 13.9 Å². The number of hydrogen-bond acceptors (Lipinski definition) is 4. The van der Waals surface area contributed by atoms with Gasteiger partial charge in [0.1, 0.15) is 18.4 Å². The van der Waals surface area contributed by atoms with Crippen molar-refractivity contribution in [1.82, 2.24) is 4.40 Å². The minimum absolute atomic E-state index is 0.0475. The van der Waals surface area contributed by atoms with Crippen LogP contribution >= 0.6 is 0 Å². The Labute approximate surface area is 126 Å². The summed E-state index contributed by atoms with van der Waals surface area (Å²) in [5.41, 5.74) is 1.99. The van der Waals surface area contributed by atoms with Crippen LogP contribution in [0.1, 0.15) is 16.9 Å². The number of aromatic nitrogens is 1. The van der Waals surface area contributed by atoms with Gasteiger partial charge in [-0.05, 0) is 30.3 Å². The van der Waals surface area contributed by atoms with Crippen LogP contribution in [0.25, 0.3) is 11.6 Å². The second kappa shape index (κ2) is 6.02. The van der Waals surface area contributed by atoms with E-state index < -0.39 is 5.97 Å². The van der Waals surface area contributed by atoms with E-state index in [4.69, 9.17) is 9.15 Å². The summed E-state index contributed by atoms with van der Waals surface area (Å²) in [6.45, 7) is 0.0475. The number of furan rings is 1. The van der Waals surface area contributed by atoms with Crippen LogP contribution in [-0.4, -0.2) is 10.4 Å². The van der Waals surface area contributed by atoms with Gasteiger partial charge in [-0.3, -0.25) is 0 Å². The largest absolute Gasteiger partial charge is 0.465 e. The number of fused-ring (bicyclic) bond motifs is 1. The fourth-order valence-corrected chi connectivity index (χ4v) is 2.15. The summed E-state index contributed by atoms with van der Waals surface area (Å²) < 4.78 is 12.1. The number of nitriles is 1. The van der Waals surface area contributed by atoms with Crippen molar-refractivity contribution in [3.05, 3.63) is 72.0 Å². The lowest BCUT2D eigenvalue weighted by molar-refractivity contribution is -0.138. The molecule has 0 aliphatic heterocycles. The van der Waals surface area contributed by atoms with Crippen LogP contribution in [0.4, 0.5) is 0 Å². The van der Waals surface area contributed by atoms with Gasteiger partial charge in [-0.15, -0.1) is 0 Å². The van der Waals surface area contributed by atoms with E-state index in [1.807, 2.05) is 28.8 Å². The van der Waals surface area contributed by atoms with Gasteiger partial charge in [-0.1, -0.05) is 6.07 Å². The van der Waals surface area contributed by atoms with E-state index in [1.165, 1.54) is 18.4 Å². The monoisotopic (exact) mass is 292 g/mol. The van der Waals surface area contributed by atoms with Crippen LogP contribution in [0.5, 0.6) is 0 Å². The third-order valence-electron chi connectivity index (χ3n) is 3.17. The van der Waals surface area contributed by atoms with Crippen LogP contribution in [-0.2, 0) is 16.1 Å². The lowest BCUT2D eigenvalue weighted by atomic mass is 10.2. The number of carbonyl (C=O) groups is 1. The zero-order valence-corrected chi connectivity index (χ0v) is 11.6. The van der Waals surface area contributed by atoms with Gasteiger partial charge in [0.2, 0.25) is 0 Å². The first-order valence-corrected chi connectivity index (χ1v) is 6.65. The standard InChI is InChI=1S/C17H12N2O3/c18-10-15-13(11-19-8-2-1-5-16(15)19)12-22-17(20)7-6-14-4-3-9-21-14/h1-9,11H,12H2/b7-6+. The van der Waals surface area contributed by atoms with Crippen molar-refractivity contribution in [2.24, 2.45) is 0 Å². The van der Waals surface area contributed by atoms with E-state index in [9.17, 15) is 10.1 Å². The molecule has 0 aromatic carbocycles. The highest BCUT2D eigenvalue weighted by Crippen LogP contribution is 2.18. The molecule has 108 valence electrons. The van der Waals surface area contributed by atoms with Gasteiger partial charge in [-0.25, -0.2) is 4.79 Å². The average molecular weight is 292 g/mol. The molecule has 0 aliphatic carbocycles. The van der Waals surface area contributed by atoms with Crippen molar-refractivity contribution in [2.45, 2.75) is 6.61 Å². The Hall–Kier alpha value is -3.26. The Morgan fingerprint density at radius 3 is 3.05 bits per heavy atom. The molecule has 3 rings (SSSR count). The maximum Gasteiger partial charge on any atom is 0.331 e. The van der Waals surface area contributed by atoms with Gasteiger partial charge in [0, 0.05) is 24.0 Å². The first kappa shape index (κ1) is 13.7. The number of pyridine rings is 1. The van der Waals surface area contributed by atoms with Crippen molar-refractivity contribution in [1.29, 1.82) is 5.26 Å². The molecule has 3 aromatic heterocycles. The fourth-order valence-electron chi connectivity index (χ4n) is 2.15. The lowest BCUT2D eigenvalue weighted by Crippen LogP contribution is -2.01. The van der Waals surface area contributed by atoms with E-state index in [0.717, 1.165) is 5.52 Å². The maximum atomic E-state index is 11.7. The predicted molar refractivity (Wildman–Crippen MR) is 79.7 cm³/mol. The van der Waals surface area contributed by atoms with Crippen LogP contribution < -0.4 is 0 Å². The molecule has 0 spiro atoms. The highest BCUT2D eigenvalue weighted by atomic mass is 16.5. The molecule has 3 heterocycles. The molecule has 0 bridgehead atoms. The molecule has 5 nitrogen and oxygen atoms in total. The number of ether oxygens (including phenoxy) is 1. The van der Waals surface area contributed by atoms with E-state index in [1.54, 1.807) is 18.3 Å². The quantitative estimate of drug-likeness (QED) is 0.547. The SMILES string of the molecule is N#Cc1c(COC(=O)/C=C/c2ccco2)cn2ccccc12. The molecule has 0 unspecified atom stereocenters. The normalized spacial score (nSPS) is 10.9. The lowest BCUT2D eigenvalue weighted by Gasteiger charge is -1.99. The molecule has 0 amide bonds. The molecule has 22 heavy (non-hydrogen) atoms. The molecule has 3 aromatic rings. The number of rotatable bonds is 4. The molecule has 0 fully saturated rings. The average Bonchev–Trinajstić information content (AvgIpc) is 3.17. The Kier molecular flexibility index (Phi) is 3.75. The van der Waals surface area contributed by atoms with Gasteiger partial charge < -0.3 is 13.6 Å². The minimum Gasteiger partial charge on any atom is -0.465 e. The zero-order valence-electron chi connectivity index (χ0n) is 11.6. The summed E-state index contributed by atoms with van der Waals surface area (Å²) >= 11 is 0. The summed E-state index contributed by atoms with van der Waals surface area (Å²) in [5, 5.41) is 9.27. The maximum absolute atomic E-state index is 11.7. The Balaban J connectivity index is 1.71. The second-order valence-electron chi connectivity index (χ2n) is 4.59. The van der Waals surface area contributed by atoms with E-state index in [0.29, 0.717) is 16.9 Å². The summed E-state index contributed by atoms with van der Waals surface area (Å²) in [7, 11) is 0. The topological polar surface area (TPSA) is 67.6 Å². The molecular formula is C17H12N2O3. The van der Waals surface area contributed by atoms with Crippen molar-refractivity contribution in [2.75, 3.05) is 0 Å². The van der Waals surface area contributed by atoms with Crippen molar-refractivity contribution >= 4 is 17.6 Å². The number of esters is 1. The first-order valence-electron chi connectivity index (χ1n) is 6.65. The number of carbonyl (C=O) groups excluding carboxylic acids is 1. The van der Waals surface area contributed by atoms with E-state index in [-0.39, 0.29) is 6.61 Å². The van der Waals surface area contributed by atoms with Crippen LogP contribution in [0.2, 0.25) is 0 Å². The first-order chi connectivity index (χ1) is 10.8. The number of nitrogens with zero attached hydrogens (tertiary/aromatic N) is 2.